The summed E-state index contributed by atoms with van der Waals surface area (Å²) in [6, 6.07) is 10.7. The first-order valence-corrected chi connectivity index (χ1v) is 6.40. The lowest BCUT2D eigenvalue weighted by atomic mass is 10.3. The van der Waals surface area contributed by atoms with Gasteiger partial charge in [-0.3, -0.25) is 0 Å². The third kappa shape index (κ3) is 3.06. The summed E-state index contributed by atoms with van der Waals surface area (Å²) in [4.78, 5) is 1.43. The van der Waals surface area contributed by atoms with Crippen LogP contribution in [0.4, 0.5) is 0 Å². The molecule has 0 aliphatic heterocycles. The van der Waals surface area contributed by atoms with E-state index in [0.717, 1.165) is 0 Å². The number of thioether (sulfide) groups is 1. The average Bonchev–Trinajstić information content (AvgIpc) is 3.03. The van der Waals surface area contributed by atoms with Crippen LogP contribution in [0.1, 0.15) is 40.0 Å². The van der Waals surface area contributed by atoms with Crippen molar-refractivity contribution < 1.29 is 0 Å². The third-order valence-corrected chi connectivity index (χ3v) is 4.17. The van der Waals surface area contributed by atoms with Gasteiger partial charge in [-0.1, -0.05) is 39.0 Å². The number of rotatable bonds is 3. The molecule has 1 aliphatic rings. The summed E-state index contributed by atoms with van der Waals surface area (Å²) in [6.07, 6.45) is 4.12. The zero-order valence-corrected chi connectivity index (χ0v) is 10.2. The SMILES string of the molecule is CC.CCC1(Sc2ccccc2)CC1. The van der Waals surface area contributed by atoms with Gasteiger partial charge in [0.1, 0.15) is 0 Å². The summed E-state index contributed by atoms with van der Waals surface area (Å²) in [6.45, 7) is 6.29. The van der Waals surface area contributed by atoms with Gasteiger partial charge in [-0.05, 0) is 31.4 Å². The molecule has 0 radical (unpaired) electrons. The lowest BCUT2D eigenvalue weighted by Gasteiger charge is -2.10. The Kier molecular flexibility index (Phi) is 4.53. The molecular weight excluding hydrogens is 188 g/mol. The zero-order chi connectivity index (χ0) is 10.4. The molecule has 78 valence electrons. The molecule has 1 aromatic rings. The Labute approximate surface area is 92.1 Å². The first kappa shape index (κ1) is 11.6. The highest BCUT2D eigenvalue weighted by Gasteiger charge is 2.41. The van der Waals surface area contributed by atoms with E-state index >= 15 is 0 Å². The van der Waals surface area contributed by atoms with Crippen LogP contribution in [0, 0.1) is 0 Å². The molecule has 0 bridgehead atoms. The van der Waals surface area contributed by atoms with Gasteiger partial charge in [-0.15, -0.1) is 11.8 Å². The van der Waals surface area contributed by atoms with Gasteiger partial charge in [-0.25, -0.2) is 0 Å². The molecule has 0 aromatic heterocycles. The lowest BCUT2D eigenvalue weighted by molar-refractivity contribution is 0.852. The van der Waals surface area contributed by atoms with E-state index in [9.17, 15) is 0 Å². The normalized spacial score (nSPS) is 16.8. The molecule has 0 saturated heterocycles. The molecule has 2 rings (SSSR count). The van der Waals surface area contributed by atoms with Crippen molar-refractivity contribution in [2.75, 3.05) is 0 Å². The van der Waals surface area contributed by atoms with Gasteiger partial charge in [0.15, 0.2) is 0 Å². The van der Waals surface area contributed by atoms with Crippen LogP contribution in [0.25, 0.3) is 0 Å². The molecule has 0 N–H and O–H groups in total. The van der Waals surface area contributed by atoms with Crippen LogP contribution in [-0.4, -0.2) is 4.75 Å². The van der Waals surface area contributed by atoms with Gasteiger partial charge in [0.2, 0.25) is 0 Å². The van der Waals surface area contributed by atoms with E-state index in [4.69, 9.17) is 0 Å². The van der Waals surface area contributed by atoms with Gasteiger partial charge in [0.25, 0.3) is 0 Å². The minimum Gasteiger partial charge on any atom is -0.119 e. The summed E-state index contributed by atoms with van der Waals surface area (Å²) in [5.74, 6) is 0. The largest absolute Gasteiger partial charge is 0.119 e. The van der Waals surface area contributed by atoms with E-state index < -0.39 is 0 Å². The predicted octanol–water partition coefficient (Wildman–Crippen LogP) is 4.75. The number of hydrogen-bond acceptors (Lipinski definition) is 1. The first-order chi connectivity index (χ1) is 6.85. The molecule has 0 spiro atoms. The number of hydrogen-bond donors (Lipinski definition) is 0. The molecule has 0 nitrogen and oxygen atoms in total. The van der Waals surface area contributed by atoms with Crippen molar-refractivity contribution in [3.63, 3.8) is 0 Å². The van der Waals surface area contributed by atoms with Gasteiger partial charge in [0.05, 0.1) is 0 Å². The average molecular weight is 208 g/mol. The summed E-state index contributed by atoms with van der Waals surface area (Å²) >= 11 is 2.06. The Bertz CT molecular complexity index is 249. The highest BCUT2D eigenvalue weighted by molar-refractivity contribution is 8.01. The molecule has 1 fully saturated rings. The maximum Gasteiger partial charge on any atom is 0.0205 e. The number of benzene rings is 1. The van der Waals surface area contributed by atoms with Crippen molar-refractivity contribution in [3.05, 3.63) is 30.3 Å². The quantitative estimate of drug-likeness (QED) is 0.691. The van der Waals surface area contributed by atoms with Crippen LogP contribution in [0.15, 0.2) is 35.2 Å². The van der Waals surface area contributed by atoms with Gasteiger partial charge in [0, 0.05) is 9.64 Å². The van der Waals surface area contributed by atoms with Crippen molar-refractivity contribution in [2.24, 2.45) is 0 Å². The second kappa shape index (κ2) is 5.45. The highest BCUT2D eigenvalue weighted by atomic mass is 32.2. The summed E-state index contributed by atoms with van der Waals surface area (Å²) in [5.41, 5.74) is 0. The fourth-order valence-electron chi connectivity index (χ4n) is 1.41. The fourth-order valence-corrected chi connectivity index (χ4v) is 2.65. The maximum absolute atomic E-state index is 2.29. The Morgan fingerprint density at radius 3 is 2.14 bits per heavy atom. The molecule has 1 aliphatic carbocycles. The zero-order valence-electron chi connectivity index (χ0n) is 9.42. The molecule has 0 amide bonds. The lowest BCUT2D eigenvalue weighted by Crippen LogP contribution is -1.98. The topological polar surface area (TPSA) is 0 Å². The van der Waals surface area contributed by atoms with Crippen LogP contribution in [0.3, 0.4) is 0 Å². The molecule has 14 heavy (non-hydrogen) atoms. The molecule has 0 unspecified atom stereocenters. The van der Waals surface area contributed by atoms with Crippen molar-refractivity contribution in [1.29, 1.82) is 0 Å². The van der Waals surface area contributed by atoms with Gasteiger partial charge in [-0.2, -0.15) is 0 Å². The van der Waals surface area contributed by atoms with E-state index in [1.54, 1.807) is 0 Å². The third-order valence-electron chi connectivity index (χ3n) is 2.53. The minimum atomic E-state index is 0.612. The molecule has 1 saturated carbocycles. The molecule has 1 aromatic carbocycles. The van der Waals surface area contributed by atoms with E-state index in [1.165, 1.54) is 24.2 Å². The Balaban J connectivity index is 0.000000461. The van der Waals surface area contributed by atoms with Gasteiger partial charge < -0.3 is 0 Å². The van der Waals surface area contributed by atoms with Crippen molar-refractivity contribution in [2.45, 2.75) is 49.7 Å². The van der Waals surface area contributed by atoms with Crippen LogP contribution in [-0.2, 0) is 0 Å². The van der Waals surface area contributed by atoms with Gasteiger partial charge >= 0.3 is 0 Å². The second-order valence-corrected chi connectivity index (χ2v) is 4.99. The molecule has 0 heterocycles. The minimum absolute atomic E-state index is 0.612. The Morgan fingerprint density at radius 1 is 1.14 bits per heavy atom. The van der Waals surface area contributed by atoms with E-state index in [-0.39, 0.29) is 0 Å². The summed E-state index contributed by atoms with van der Waals surface area (Å²) in [5, 5.41) is 0. The Morgan fingerprint density at radius 2 is 1.71 bits per heavy atom. The monoisotopic (exact) mass is 208 g/mol. The summed E-state index contributed by atoms with van der Waals surface area (Å²) in [7, 11) is 0. The second-order valence-electron chi connectivity index (χ2n) is 3.45. The van der Waals surface area contributed by atoms with Crippen molar-refractivity contribution in [1.82, 2.24) is 0 Å². The highest BCUT2D eigenvalue weighted by Crippen LogP contribution is 2.53. The Hall–Kier alpha value is -0.430. The van der Waals surface area contributed by atoms with Crippen LogP contribution in [0.2, 0.25) is 0 Å². The standard InChI is InChI=1S/C11H14S.C2H6/c1-2-11(8-9-11)12-10-6-4-3-5-7-10;1-2/h3-7H,2,8-9H2,1H3;1-2H3. The smallest absolute Gasteiger partial charge is 0.0205 e. The van der Waals surface area contributed by atoms with Crippen LogP contribution < -0.4 is 0 Å². The van der Waals surface area contributed by atoms with Crippen LogP contribution in [0.5, 0.6) is 0 Å². The predicted molar refractivity (Wildman–Crippen MR) is 65.9 cm³/mol. The van der Waals surface area contributed by atoms with E-state index in [1.807, 2.05) is 13.8 Å². The van der Waals surface area contributed by atoms with Crippen LogP contribution >= 0.6 is 11.8 Å². The fraction of sp³-hybridized carbons (Fsp3) is 0.538. The molecular formula is C13H20S. The summed E-state index contributed by atoms with van der Waals surface area (Å²) < 4.78 is 0.612. The van der Waals surface area contributed by atoms with Crippen molar-refractivity contribution in [3.8, 4) is 0 Å². The molecule has 1 heteroatoms. The van der Waals surface area contributed by atoms with E-state index in [2.05, 4.69) is 49.0 Å². The maximum atomic E-state index is 2.29. The van der Waals surface area contributed by atoms with E-state index in [0.29, 0.717) is 4.75 Å². The van der Waals surface area contributed by atoms with Crippen molar-refractivity contribution >= 4 is 11.8 Å². The molecule has 0 atom stereocenters. The first-order valence-electron chi connectivity index (χ1n) is 5.59.